The molecule has 1 unspecified atom stereocenters. The number of rotatable bonds is 2. The largest absolute Gasteiger partial charge is 0.329 e. The summed E-state index contributed by atoms with van der Waals surface area (Å²) in [4.78, 5) is 1.92. The first-order valence-corrected chi connectivity index (χ1v) is 3.00. The van der Waals surface area contributed by atoms with Crippen LogP contribution in [0, 0.1) is 12.0 Å². The van der Waals surface area contributed by atoms with Crippen molar-refractivity contribution in [3.63, 3.8) is 0 Å². The van der Waals surface area contributed by atoms with Gasteiger partial charge in [0.15, 0.2) is 0 Å². The zero-order chi connectivity index (χ0) is 7.28. The van der Waals surface area contributed by atoms with Crippen LogP contribution in [0.4, 0.5) is 0 Å². The van der Waals surface area contributed by atoms with E-state index in [-0.39, 0.29) is 0 Å². The number of hydrogen-bond acceptors (Lipinski definition) is 1. The van der Waals surface area contributed by atoms with Crippen molar-refractivity contribution in [3.05, 3.63) is 12.7 Å². The van der Waals surface area contributed by atoms with Gasteiger partial charge in [-0.3, -0.25) is 0 Å². The average Bonchev–Trinajstić information content (AvgIpc) is 1.87. The highest BCUT2D eigenvalue weighted by Crippen LogP contribution is 1.91. The van der Waals surface area contributed by atoms with E-state index in [0.717, 1.165) is 0 Å². The van der Waals surface area contributed by atoms with Gasteiger partial charge in [0.05, 0.1) is 6.04 Å². The van der Waals surface area contributed by atoms with E-state index in [1.807, 2.05) is 24.9 Å². The summed E-state index contributed by atoms with van der Waals surface area (Å²) in [6.45, 7) is 7.53. The van der Waals surface area contributed by atoms with Crippen LogP contribution in [-0.2, 0) is 0 Å². The maximum Gasteiger partial charge on any atom is 0.0517 e. The minimum Gasteiger partial charge on any atom is -0.329 e. The van der Waals surface area contributed by atoms with Crippen LogP contribution in [-0.4, -0.2) is 18.0 Å². The molecule has 0 radical (unpaired) electrons. The Kier molecular flexibility index (Phi) is 3.62. The molecule has 0 aliphatic rings. The van der Waals surface area contributed by atoms with Crippen molar-refractivity contribution >= 4 is 0 Å². The predicted octanol–water partition coefficient (Wildman–Crippen LogP) is 1.47. The normalized spacial score (nSPS) is 11.0. The second-order valence-corrected chi connectivity index (χ2v) is 1.95. The summed E-state index contributed by atoms with van der Waals surface area (Å²) >= 11 is 0. The number of nitrogens with zero attached hydrogens (tertiary/aromatic N) is 1. The van der Waals surface area contributed by atoms with Gasteiger partial charge in [0.1, 0.15) is 0 Å². The lowest BCUT2D eigenvalue weighted by Crippen LogP contribution is -2.21. The van der Waals surface area contributed by atoms with Crippen LogP contribution in [0.15, 0.2) is 12.7 Å². The summed E-state index contributed by atoms with van der Waals surface area (Å²) < 4.78 is 0. The summed E-state index contributed by atoms with van der Waals surface area (Å²) in [5.74, 6) is 2.81. The van der Waals surface area contributed by atoms with E-state index in [1.165, 1.54) is 0 Å². The molecule has 0 aliphatic heterocycles. The first-order chi connectivity index (χ1) is 4.22. The molecule has 0 bridgehead atoms. The Labute approximate surface area is 57.4 Å². The van der Waals surface area contributed by atoms with Crippen molar-refractivity contribution < 1.29 is 0 Å². The molecule has 0 aromatic carbocycles. The Bertz CT molecular complexity index is 138. The summed E-state index contributed by atoms with van der Waals surface area (Å²) in [6, 6.07) is 3.25. The van der Waals surface area contributed by atoms with Crippen molar-refractivity contribution in [2.24, 2.45) is 0 Å². The monoisotopic (exact) mass is 123 g/mol. The minimum absolute atomic E-state index is 0.345. The number of likely N-dealkylation sites (N-methyl/N-ethyl adjacent to an activating group) is 1. The van der Waals surface area contributed by atoms with E-state index in [4.69, 9.17) is 0 Å². The van der Waals surface area contributed by atoms with E-state index in [1.54, 1.807) is 0 Å². The third-order valence-corrected chi connectivity index (χ3v) is 1.24. The van der Waals surface area contributed by atoms with Gasteiger partial charge in [-0.25, -0.2) is 0 Å². The average molecular weight is 123 g/mol. The smallest absolute Gasteiger partial charge is 0.0517 e. The molecular formula is C8H13N. The van der Waals surface area contributed by atoms with E-state index < -0.39 is 0 Å². The molecule has 0 aromatic heterocycles. The Morgan fingerprint density at radius 1 is 1.67 bits per heavy atom. The van der Waals surface area contributed by atoms with Gasteiger partial charge in [0.2, 0.25) is 0 Å². The van der Waals surface area contributed by atoms with E-state index in [0.29, 0.717) is 6.04 Å². The summed E-state index contributed by atoms with van der Waals surface area (Å²) in [5.41, 5.74) is 0. The molecule has 0 saturated carbocycles. The van der Waals surface area contributed by atoms with Crippen LogP contribution in [0.2, 0.25) is 0 Å². The third kappa shape index (κ3) is 2.81. The molecule has 1 heteroatoms. The van der Waals surface area contributed by atoms with Crippen molar-refractivity contribution in [2.75, 3.05) is 7.05 Å². The van der Waals surface area contributed by atoms with E-state index >= 15 is 0 Å². The lowest BCUT2D eigenvalue weighted by atomic mass is 10.3. The Hall–Kier alpha value is -0.900. The first-order valence-electron chi connectivity index (χ1n) is 3.00. The van der Waals surface area contributed by atoms with Crippen molar-refractivity contribution in [3.8, 4) is 12.0 Å². The quantitative estimate of drug-likeness (QED) is 0.305. The standard InChI is InChI=1S/C8H13N/c1-5-7-9(4)8(3)6-2/h6,8H,2H2,1,3-4H3. The van der Waals surface area contributed by atoms with Crippen molar-refractivity contribution in [2.45, 2.75) is 19.9 Å². The fourth-order valence-electron chi connectivity index (χ4n) is 0.436. The molecule has 9 heavy (non-hydrogen) atoms. The van der Waals surface area contributed by atoms with Crippen molar-refractivity contribution in [1.29, 1.82) is 0 Å². The minimum atomic E-state index is 0.345. The predicted molar refractivity (Wildman–Crippen MR) is 40.9 cm³/mol. The molecule has 0 aromatic rings. The molecule has 0 spiro atoms. The van der Waals surface area contributed by atoms with Gasteiger partial charge < -0.3 is 4.90 Å². The highest BCUT2D eigenvalue weighted by Gasteiger charge is 1.96. The van der Waals surface area contributed by atoms with Gasteiger partial charge in [0, 0.05) is 13.1 Å². The lowest BCUT2D eigenvalue weighted by Gasteiger charge is -2.15. The van der Waals surface area contributed by atoms with Crippen LogP contribution in [0.1, 0.15) is 13.8 Å². The van der Waals surface area contributed by atoms with Crippen LogP contribution >= 0.6 is 0 Å². The first kappa shape index (κ1) is 8.10. The maximum absolute atomic E-state index is 3.65. The third-order valence-electron chi connectivity index (χ3n) is 1.24. The summed E-state index contributed by atoms with van der Waals surface area (Å²) in [5, 5.41) is 0. The highest BCUT2D eigenvalue weighted by atomic mass is 15.1. The fraction of sp³-hybridized carbons (Fsp3) is 0.500. The topological polar surface area (TPSA) is 3.24 Å². The van der Waals surface area contributed by atoms with Crippen LogP contribution < -0.4 is 0 Å². The molecule has 50 valence electrons. The summed E-state index contributed by atoms with van der Waals surface area (Å²) in [6.07, 6.45) is 1.87. The maximum atomic E-state index is 3.65. The van der Waals surface area contributed by atoms with Crippen molar-refractivity contribution in [1.82, 2.24) is 4.90 Å². The molecule has 1 nitrogen and oxygen atoms in total. The van der Waals surface area contributed by atoms with E-state index in [2.05, 4.69) is 25.5 Å². The highest BCUT2D eigenvalue weighted by molar-refractivity contribution is 4.98. The molecular weight excluding hydrogens is 110 g/mol. The summed E-state index contributed by atoms with van der Waals surface area (Å²) in [7, 11) is 1.95. The van der Waals surface area contributed by atoms with Crippen LogP contribution in [0.5, 0.6) is 0 Å². The van der Waals surface area contributed by atoms with Crippen LogP contribution in [0.25, 0.3) is 0 Å². The number of hydrogen-bond donors (Lipinski definition) is 0. The molecule has 1 atom stereocenters. The van der Waals surface area contributed by atoms with Gasteiger partial charge >= 0.3 is 0 Å². The Morgan fingerprint density at radius 3 is 2.56 bits per heavy atom. The molecule has 0 saturated heterocycles. The second-order valence-electron chi connectivity index (χ2n) is 1.95. The van der Waals surface area contributed by atoms with Gasteiger partial charge in [-0.15, -0.1) is 6.58 Å². The van der Waals surface area contributed by atoms with E-state index in [9.17, 15) is 0 Å². The molecule has 0 aliphatic carbocycles. The van der Waals surface area contributed by atoms with Crippen LogP contribution in [0.3, 0.4) is 0 Å². The Balaban J connectivity index is 3.81. The van der Waals surface area contributed by atoms with Gasteiger partial charge in [-0.05, 0) is 13.8 Å². The Morgan fingerprint density at radius 2 is 2.22 bits per heavy atom. The molecule has 0 amide bonds. The molecule has 0 fully saturated rings. The van der Waals surface area contributed by atoms with Gasteiger partial charge in [-0.1, -0.05) is 12.0 Å². The SMILES string of the molecule is C=CC(C)N(C)C#CC. The van der Waals surface area contributed by atoms with Gasteiger partial charge in [-0.2, -0.15) is 0 Å². The molecule has 0 rings (SSSR count). The second kappa shape index (κ2) is 4.03. The molecule has 0 heterocycles. The zero-order valence-electron chi connectivity index (χ0n) is 6.31. The van der Waals surface area contributed by atoms with Gasteiger partial charge in [0.25, 0.3) is 0 Å². The fourth-order valence-corrected chi connectivity index (χ4v) is 0.436. The molecule has 0 N–H and O–H groups in total. The lowest BCUT2D eigenvalue weighted by molar-refractivity contribution is 0.432. The zero-order valence-corrected chi connectivity index (χ0v) is 6.31.